The van der Waals surface area contributed by atoms with E-state index >= 15 is 0 Å². The van der Waals surface area contributed by atoms with E-state index in [-0.39, 0.29) is 5.91 Å². The summed E-state index contributed by atoms with van der Waals surface area (Å²) >= 11 is 3.93. The summed E-state index contributed by atoms with van der Waals surface area (Å²) in [5, 5.41) is 4.95. The minimum Gasteiger partial charge on any atom is -0.322 e. The number of carbonyl (C=O) groups is 1. The fraction of sp³-hybridized carbons (Fsp3) is 0. The summed E-state index contributed by atoms with van der Waals surface area (Å²) in [6, 6.07) is 19.5. The van der Waals surface area contributed by atoms with E-state index in [9.17, 15) is 4.79 Å². The molecular weight excluding hydrogens is 393 g/mol. The average Bonchev–Trinajstić information content (AvgIpc) is 3.04. The second-order valence-corrected chi connectivity index (χ2v) is 6.71. The van der Waals surface area contributed by atoms with Crippen molar-refractivity contribution in [3.8, 4) is 10.4 Å². The number of benzene rings is 2. The van der Waals surface area contributed by atoms with E-state index in [0.29, 0.717) is 5.56 Å². The zero-order valence-electron chi connectivity index (χ0n) is 11.0. The topological polar surface area (TPSA) is 29.1 Å². The number of nitrogens with one attached hydrogen (secondary N) is 1. The standard InChI is InChI=1S/C17H12INOS/c18-14-7-9-15(10-8-14)19-17(20)13-5-3-12(4-6-13)16-2-1-11-21-16/h1-11H,(H,19,20). The summed E-state index contributed by atoms with van der Waals surface area (Å²) in [5.74, 6) is -0.0889. The van der Waals surface area contributed by atoms with Crippen molar-refractivity contribution in [1.29, 1.82) is 0 Å². The molecule has 0 aliphatic rings. The van der Waals surface area contributed by atoms with Crippen LogP contribution in [0.5, 0.6) is 0 Å². The zero-order chi connectivity index (χ0) is 14.7. The van der Waals surface area contributed by atoms with Crippen LogP contribution in [-0.4, -0.2) is 5.91 Å². The van der Waals surface area contributed by atoms with Crippen molar-refractivity contribution >= 4 is 45.5 Å². The van der Waals surface area contributed by atoms with Crippen molar-refractivity contribution in [2.75, 3.05) is 5.32 Å². The Balaban J connectivity index is 1.74. The molecule has 0 unspecified atom stereocenters. The van der Waals surface area contributed by atoms with Crippen molar-refractivity contribution in [1.82, 2.24) is 0 Å². The van der Waals surface area contributed by atoms with E-state index in [0.717, 1.165) is 14.8 Å². The molecule has 1 N–H and O–H groups in total. The van der Waals surface area contributed by atoms with E-state index in [1.54, 1.807) is 11.3 Å². The largest absolute Gasteiger partial charge is 0.322 e. The lowest BCUT2D eigenvalue weighted by Gasteiger charge is -2.06. The third-order valence-electron chi connectivity index (χ3n) is 3.05. The molecular formula is C17H12INOS. The van der Waals surface area contributed by atoms with Crippen LogP contribution in [0, 0.1) is 3.57 Å². The Morgan fingerprint density at radius 2 is 1.67 bits per heavy atom. The van der Waals surface area contributed by atoms with Crippen LogP contribution in [0.25, 0.3) is 10.4 Å². The van der Waals surface area contributed by atoms with Gasteiger partial charge in [0.1, 0.15) is 0 Å². The molecule has 3 rings (SSSR count). The number of amides is 1. The molecule has 1 heterocycles. The minimum atomic E-state index is -0.0889. The predicted octanol–water partition coefficient (Wildman–Crippen LogP) is 5.27. The Morgan fingerprint density at radius 1 is 0.952 bits per heavy atom. The van der Waals surface area contributed by atoms with E-state index in [1.165, 1.54) is 4.88 Å². The van der Waals surface area contributed by atoms with Crippen molar-refractivity contribution < 1.29 is 4.79 Å². The highest BCUT2D eigenvalue weighted by molar-refractivity contribution is 14.1. The van der Waals surface area contributed by atoms with Gasteiger partial charge in [0.15, 0.2) is 0 Å². The lowest BCUT2D eigenvalue weighted by Crippen LogP contribution is -2.11. The lowest BCUT2D eigenvalue weighted by molar-refractivity contribution is 0.102. The Labute approximate surface area is 141 Å². The van der Waals surface area contributed by atoms with Crippen molar-refractivity contribution in [2.24, 2.45) is 0 Å². The summed E-state index contributed by atoms with van der Waals surface area (Å²) in [6.07, 6.45) is 0. The van der Waals surface area contributed by atoms with Crippen LogP contribution in [0.1, 0.15) is 10.4 Å². The molecule has 21 heavy (non-hydrogen) atoms. The molecule has 0 spiro atoms. The Morgan fingerprint density at radius 3 is 2.29 bits per heavy atom. The molecule has 0 saturated carbocycles. The molecule has 0 atom stereocenters. The molecule has 0 bridgehead atoms. The fourth-order valence-electron chi connectivity index (χ4n) is 1.97. The van der Waals surface area contributed by atoms with Gasteiger partial charge >= 0.3 is 0 Å². The number of halogens is 1. The summed E-state index contributed by atoms with van der Waals surface area (Å²) in [7, 11) is 0. The van der Waals surface area contributed by atoms with Gasteiger partial charge in [-0.3, -0.25) is 4.79 Å². The first-order valence-electron chi connectivity index (χ1n) is 6.43. The van der Waals surface area contributed by atoms with E-state index in [2.05, 4.69) is 34.0 Å². The number of anilines is 1. The SMILES string of the molecule is O=C(Nc1ccc(I)cc1)c1ccc(-c2cccs2)cc1. The van der Waals surface area contributed by atoms with Crippen LogP contribution in [0.15, 0.2) is 66.0 Å². The van der Waals surface area contributed by atoms with Gasteiger partial charge in [0, 0.05) is 19.7 Å². The Bertz CT molecular complexity index is 733. The summed E-state index contributed by atoms with van der Waals surface area (Å²) in [5.41, 5.74) is 2.60. The molecule has 0 aliphatic carbocycles. The van der Waals surface area contributed by atoms with Crippen LogP contribution in [-0.2, 0) is 0 Å². The first-order chi connectivity index (χ1) is 10.2. The smallest absolute Gasteiger partial charge is 0.255 e. The molecule has 4 heteroatoms. The molecule has 2 aromatic carbocycles. The number of carbonyl (C=O) groups excluding carboxylic acids is 1. The van der Waals surface area contributed by atoms with Gasteiger partial charge < -0.3 is 5.32 Å². The predicted molar refractivity (Wildman–Crippen MR) is 96.9 cm³/mol. The van der Waals surface area contributed by atoms with Crippen molar-refractivity contribution in [2.45, 2.75) is 0 Å². The van der Waals surface area contributed by atoms with Gasteiger partial charge in [0.05, 0.1) is 0 Å². The van der Waals surface area contributed by atoms with E-state index < -0.39 is 0 Å². The molecule has 0 aliphatic heterocycles. The molecule has 2 nitrogen and oxygen atoms in total. The van der Waals surface area contributed by atoms with E-state index in [1.807, 2.05) is 60.0 Å². The molecule has 1 aromatic heterocycles. The second kappa shape index (κ2) is 6.41. The van der Waals surface area contributed by atoms with Gasteiger partial charge in [-0.2, -0.15) is 0 Å². The third kappa shape index (κ3) is 3.51. The Kier molecular flexibility index (Phi) is 4.36. The van der Waals surface area contributed by atoms with Crippen LogP contribution in [0.4, 0.5) is 5.69 Å². The van der Waals surface area contributed by atoms with Gasteiger partial charge in [-0.05, 0) is 76.0 Å². The number of thiophene rings is 1. The van der Waals surface area contributed by atoms with Gasteiger partial charge in [-0.25, -0.2) is 0 Å². The van der Waals surface area contributed by atoms with Gasteiger partial charge in [-0.15, -0.1) is 11.3 Å². The summed E-state index contributed by atoms with van der Waals surface area (Å²) in [4.78, 5) is 13.4. The van der Waals surface area contributed by atoms with Crippen LogP contribution >= 0.6 is 33.9 Å². The Hall–Kier alpha value is -1.66. The quantitative estimate of drug-likeness (QED) is 0.591. The highest BCUT2D eigenvalue weighted by Crippen LogP contribution is 2.24. The monoisotopic (exact) mass is 405 g/mol. The van der Waals surface area contributed by atoms with Gasteiger partial charge in [0.25, 0.3) is 5.91 Å². The van der Waals surface area contributed by atoms with Crippen LogP contribution in [0.3, 0.4) is 0 Å². The molecule has 3 aromatic rings. The lowest BCUT2D eigenvalue weighted by atomic mass is 10.1. The normalized spacial score (nSPS) is 10.3. The highest BCUT2D eigenvalue weighted by atomic mass is 127. The summed E-state index contributed by atoms with van der Waals surface area (Å²) < 4.78 is 1.14. The molecule has 1 amide bonds. The zero-order valence-corrected chi connectivity index (χ0v) is 14.0. The third-order valence-corrected chi connectivity index (χ3v) is 4.69. The number of hydrogen-bond acceptors (Lipinski definition) is 2. The molecule has 0 radical (unpaired) electrons. The maximum Gasteiger partial charge on any atom is 0.255 e. The van der Waals surface area contributed by atoms with Gasteiger partial charge in [-0.1, -0.05) is 18.2 Å². The van der Waals surface area contributed by atoms with Gasteiger partial charge in [0.2, 0.25) is 0 Å². The molecule has 0 fully saturated rings. The highest BCUT2D eigenvalue weighted by Gasteiger charge is 2.06. The van der Waals surface area contributed by atoms with Crippen LogP contribution in [0.2, 0.25) is 0 Å². The second-order valence-electron chi connectivity index (χ2n) is 4.52. The molecule has 104 valence electrons. The first-order valence-corrected chi connectivity index (χ1v) is 8.39. The maximum atomic E-state index is 12.2. The van der Waals surface area contributed by atoms with Crippen LogP contribution < -0.4 is 5.32 Å². The van der Waals surface area contributed by atoms with Crippen molar-refractivity contribution in [3.63, 3.8) is 0 Å². The summed E-state index contributed by atoms with van der Waals surface area (Å²) in [6.45, 7) is 0. The fourth-order valence-corrected chi connectivity index (χ4v) is 3.06. The first kappa shape index (κ1) is 14.3. The number of rotatable bonds is 3. The average molecular weight is 405 g/mol. The maximum absolute atomic E-state index is 12.2. The molecule has 0 saturated heterocycles. The number of hydrogen-bond donors (Lipinski definition) is 1. The van der Waals surface area contributed by atoms with Crippen molar-refractivity contribution in [3.05, 3.63) is 75.2 Å². The van der Waals surface area contributed by atoms with E-state index in [4.69, 9.17) is 0 Å². The minimum absolute atomic E-state index is 0.0889.